The number of amides is 1. The first-order valence-electron chi connectivity index (χ1n) is 9.24. The monoisotopic (exact) mass is 374 g/mol. The molecule has 2 fully saturated rings. The van der Waals surface area contributed by atoms with Crippen molar-refractivity contribution in [2.45, 2.75) is 39.2 Å². The van der Waals surface area contributed by atoms with Crippen molar-refractivity contribution in [2.75, 3.05) is 26.2 Å². The Labute approximate surface area is 158 Å². The minimum Gasteiger partial charge on any atom is -0.338 e. The standard InChI is InChI=1S/C20H26N2OS2/c1-16-4-5-17(25-16)15-21-10-6-20(7-11-21)8-12-22(13-9-20)19(23)18-3-2-14-24-18/h2-5,14H,6-13,15H2,1H3. The molecule has 134 valence electrons. The van der Waals surface area contributed by atoms with Crippen LogP contribution in [0.25, 0.3) is 0 Å². The maximum atomic E-state index is 12.5. The summed E-state index contributed by atoms with van der Waals surface area (Å²) in [5.41, 5.74) is 0.480. The maximum absolute atomic E-state index is 12.5. The van der Waals surface area contributed by atoms with E-state index in [4.69, 9.17) is 0 Å². The molecule has 0 saturated carbocycles. The van der Waals surface area contributed by atoms with Crippen LogP contribution >= 0.6 is 22.7 Å². The molecule has 0 N–H and O–H groups in total. The molecule has 0 unspecified atom stereocenters. The van der Waals surface area contributed by atoms with E-state index in [1.807, 2.05) is 28.8 Å². The van der Waals surface area contributed by atoms with E-state index in [-0.39, 0.29) is 5.91 Å². The number of hydrogen-bond donors (Lipinski definition) is 0. The molecule has 0 radical (unpaired) electrons. The fourth-order valence-electron chi connectivity index (χ4n) is 4.22. The molecule has 1 amide bonds. The highest BCUT2D eigenvalue weighted by molar-refractivity contribution is 7.12. The number of rotatable bonds is 3. The second kappa shape index (κ2) is 7.22. The molecule has 25 heavy (non-hydrogen) atoms. The summed E-state index contributed by atoms with van der Waals surface area (Å²) < 4.78 is 0. The first kappa shape index (κ1) is 17.3. The van der Waals surface area contributed by atoms with E-state index < -0.39 is 0 Å². The van der Waals surface area contributed by atoms with Gasteiger partial charge in [0.2, 0.25) is 0 Å². The van der Waals surface area contributed by atoms with Crippen LogP contribution in [0.4, 0.5) is 0 Å². The normalized spacial score (nSPS) is 20.9. The smallest absolute Gasteiger partial charge is 0.263 e. The van der Waals surface area contributed by atoms with Crippen molar-refractivity contribution in [3.8, 4) is 0 Å². The average molecular weight is 375 g/mol. The summed E-state index contributed by atoms with van der Waals surface area (Å²) in [7, 11) is 0. The van der Waals surface area contributed by atoms with Gasteiger partial charge in [-0.05, 0) is 74.7 Å². The molecular weight excluding hydrogens is 348 g/mol. The van der Waals surface area contributed by atoms with Gasteiger partial charge in [0.1, 0.15) is 0 Å². The van der Waals surface area contributed by atoms with Crippen LogP contribution in [-0.4, -0.2) is 41.9 Å². The lowest BCUT2D eigenvalue weighted by molar-refractivity contribution is 0.0290. The van der Waals surface area contributed by atoms with Crippen LogP contribution in [0, 0.1) is 12.3 Å². The second-order valence-corrected chi connectivity index (χ2v) is 9.88. The number of piperidine rings is 2. The van der Waals surface area contributed by atoms with Crippen molar-refractivity contribution < 1.29 is 4.79 Å². The van der Waals surface area contributed by atoms with E-state index in [1.165, 1.54) is 48.5 Å². The van der Waals surface area contributed by atoms with Crippen molar-refractivity contribution >= 4 is 28.6 Å². The van der Waals surface area contributed by atoms with E-state index in [9.17, 15) is 4.79 Å². The van der Waals surface area contributed by atoms with Crippen molar-refractivity contribution in [2.24, 2.45) is 5.41 Å². The number of likely N-dealkylation sites (tertiary alicyclic amines) is 2. The molecular formula is C20H26N2OS2. The largest absolute Gasteiger partial charge is 0.338 e. The van der Waals surface area contributed by atoms with Gasteiger partial charge in [0.15, 0.2) is 0 Å². The van der Waals surface area contributed by atoms with Crippen molar-refractivity contribution in [1.29, 1.82) is 0 Å². The zero-order valence-corrected chi connectivity index (χ0v) is 16.5. The minimum absolute atomic E-state index is 0.232. The lowest BCUT2D eigenvalue weighted by Crippen LogP contribution is -2.47. The Hall–Kier alpha value is -1.17. The van der Waals surface area contributed by atoms with Gasteiger partial charge in [-0.15, -0.1) is 22.7 Å². The van der Waals surface area contributed by atoms with Crippen LogP contribution in [0.15, 0.2) is 29.6 Å². The van der Waals surface area contributed by atoms with Crippen LogP contribution in [-0.2, 0) is 6.54 Å². The number of carbonyl (C=O) groups excluding carboxylic acids is 1. The Kier molecular flexibility index (Phi) is 4.98. The van der Waals surface area contributed by atoms with Crippen LogP contribution < -0.4 is 0 Å². The van der Waals surface area contributed by atoms with Crippen LogP contribution in [0.5, 0.6) is 0 Å². The Bertz CT molecular complexity index is 704. The molecule has 0 aromatic carbocycles. The zero-order valence-electron chi connectivity index (χ0n) is 14.9. The van der Waals surface area contributed by atoms with E-state index in [1.54, 1.807) is 11.3 Å². The molecule has 2 saturated heterocycles. The highest BCUT2D eigenvalue weighted by Gasteiger charge is 2.38. The van der Waals surface area contributed by atoms with Crippen LogP contribution in [0.2, 0.25) is 0 Å². The SMILES string of the molecule is Cc1ccc(CN2CCC3(CC2)CCN(C(=O)c2cccs2)CC3)s1. The minimum atomic E-state index is 0.232. The Morgan fingerprint density at radius 3 is 2.40 bits per heavy atom. The third-order valence-electron chi connectivity index (χ3n) is 5.94. The Morgan fingerprint density at radius 2 is 1.80 bits per heavy atom. The molecule has 2 aromatic rings. The quantitative estimate of drug-likeness (QED) is 0.781. The predicted octanol–water partition coefficient (Wildman–Crippen LogP) is 4.64. The molecule has 0 bridgehead atoms. The molecule has 2 aliphatic heterocycles. The summed E-state index contributed by atoms with van der Waals surface area (Å²) in [6, 6.07) is 8.42. The lowest BCUT2D eigenvalue weighted by atomic mass is 9.71. The number of thiophene rings is 2. The van der Waals surface area contributed by atoms with Gasteiger partial charge in [0.25, 0.3) is 5.91 Å². The van der Waals surface area contributed by atoms with Gasteiger partial charge in [0, 0.05) is 29.4 Å². The van der Waals surface area contributed by atoms with Gasteiger partial charge in [0.05, 0.1) is 4.88 Å². The summed E-state index contributed by atoms with van der Waals surface area (Å²) in [5.74, 6) is 0.232. The van der Waals surface area contributed by atoms with Crippen LogP contribution in [0.1, 0.15) is 45.1 Å². The summed E-state index contributed by atoms with van der Waals surface area (Å²) in [4.78, 5) is 21.0. The third kappa shape index (κ3) is 3.83. The van der Waals surface area contributed by atoms with Gasteiger partial charge in [-0.1, -0.05) is 6.07 Å². The van der Waals surface area contributed by atoms with E-state index in [2.05, 4.69) is 28.9 Å². The van der Waals surface area contributed by atoms with E-state index >= 15 is 0 Å². The van der Waals surface area contributed by atoms with Gasteiger partial charge in [-0.25, -0.2) is 0 Å². The summed E-state index contributed by atoms with van der Waals surface area (Å²) in [6.07, 6.45) is 4.93. The topological polar surface area (TPSA) is 23.6 Å². The molecule has 4 rings (SSSR count). The summed E-state index contributed by atoms with van der Waals surface area (Å²) in [6.45, 7) is 7.57. The highest BCUT2D eigenvalue weighted by Crippen LogP contribution is 2.42. The fraction of sp³-hybridized carbons (Fsp3) is 0.550. The molecule has 2 aliphatic rings. The highest BCUT2D eigenvalue weighted by atomic mass is 32.1. The first-order chi connectivity index (χ1) is 12.1. The van der Waals surface area contributed by atoms with E-state index in [0.29, 0.717) is 5.41 Å². The predicted molar refractivity (Wildman–Crippen MR) is 105 cm³/mol. The maximum Gasteiger partial charge on any atom is 0.263 e. The summed E-state index contributed by atoms with van der Waals surface area (Å²) in [5, 5.41) is 1.99. The molecule has 4 heterocycles. The molecule has 2 aromatic heterocycles. The van der Waals surface area contributed by atoms with E-state index in [0.717, 1.165) is 24.5 Å². The third-order valence-corrected chi connectivity index (χ3v) is 7.78. The lowest BCUT2D eigenvalue weighted by Gasteiger charge is -2.46. The molecule has 1 spiro atoms. The first-order valence-corrected chi connectivity index (χ1v) is 10.9. The number of nitrogens with zero attached hydrogens (tertiary/aromatic N) is 2. The zero-order chi connectivity index (χ0) is 17.3. The molecule has 3 nitrogen and oxygen atoms in total. The molecule has 0 aliphatic carbocycles. The Morgan fingerprint density at radius 1 is 1.08 bits per heavy atom. The Balaban J connectivity index is 1.28. The number of hydrogen-bond acceptors (Lipinski definition) is 4. The van der Waals surface area contributed by atoms with Crippen molar-refractivity contribution in [3.63, 3.8) is 0 Å². The van der Waals surface area contributed by atoms with Crippen molar-refractivity contribution in [1.82, 2.24) is 9.80 Å². The fourth-order valence-corrected chi connectivity index (χ4v) is 5.84. The number of aryl methyl sites for hydroxylation is 1. The second-order valence-electron chi connectivity index (χ2n) is 7.56. The molecule has 5 heteroatoms. The van der Waals surface area contributed by atoms with Gasteiger partial charge in [-0.3, -0.25) is 9.69 Å². The van der Waals surface area contributed by atoms with Gasteiger partial charge >= 0.3 is 0 Å². The van der Waals surface area contributed by atoms with Gasteiger partial charge < -0.3 is 4.90 Å². The van der Waals surface area contributed by atoms with Crippen molar-refractivity contribution in [3.05, 3.63) is 44.3 Å². The summed E-state index contributed by atoms with van der Waals surface area (Å²) >= 11 is 3.48. The van der Waals surface area contributed by atoms with Crippen LogP contribution in [0.3, 0.4) is 0 Å². The molecule has 0 atom stereocenters. The number of carbonyl (C=O) groups is 1. The average Bonchev–Trinajstić information content (AvgIpc) is 3.29. The van der Waals surface area contributed by atoms with Gasteiger partial charge in [-0.2, -0.15) is 0 Å².